The van der Waals surface area contributed by atoms with Crippen molar-refractivity contribution in [3.05, 3.63) is 105 Å². The number of nitrogen functional groups attached to an aromatic ring is 5. The van der Waals surface area contributed by atoms with Gasteiger partial charge in [0.25, 0.3) is 16.7 Å². The summed E-state index contributed by atoms with van der Waals surface area (Å²) >= 11 is 25.7. The molecule has 9 saturated heterocycles. The third kappa shape index (κ3) is 18.9. The number of aliphatic imine (C=N–C) groups is 1. The fraction of sp³-hybridized carbons (Fsp3) is 0.492. The van der Waals surface area contributed by atoms with Crippen LogP contribution in [0.25, 0.3) is 50.3 Å². The number of hydrogen-bond acceptors (Lipinski definition) is 47. The zero-order valence-corrected chi connectivity index (χ0v) is 77.2. The average Bonchev–Trinajstić information content (AvgIpc) is 1.39. The maximum absolute atomic E-state index is 15.9. The normalized spacial score (nSPS) is 37.3. The van der Waals surface area contributed by atoms with E-state index in [4.69, 9.17) is 142 Å². The Balaban J connectivity index is 0.000000129. The lowest BCUT2D eigenvalue weighted by Crippen LogP contribution is -2.35. The number of pyridine rings is 1. The first-order chi connectivity index (χ1) is 63.1. The van der Waals surface area contributed by atoms with Crippen molar-refractivity contribution in [2.45, 2.75) is 153 Å². The highest BCUT2D eigenvalue weighted by molar-refractivity contribution is 8.60. The number of anilines is 5. The molecule has 21 heterocycles. The Morgan fingerprint density at radius 2 is 1.05 bits per heavy atom. The second-order valence-corrected chi connectivity index (χ2v) is 48.5. The highest BCUT2D eigenvalue weighted by atomic mass is 32.9. The van der Waals surface area contributed by atoms with Crippen molar-refractivity contribution in [2.75, 3.05) is 68.3 Å². The number of imidazole rings is 6. The summed E-state index contributed by atoms with van der Waals surface area (Å²) in [4.78, 5) is 145. The Bertz CT molecular complexity index is 6970. The van der Waals surface area contributed by atoms with Crippen molar-refractivity contribution in [1.82, 2.24) is 97.2 Å². The lowest BCUT2D eigenvalue weighted by atomic mass is 10.1. The smallest absolute Gasteiger partial charge is 0.397 e. The molecule has 21 rings (SSSR count). The van der Waals surface area contributed by atoms with E-state index in [9.17, 15) is 62.7 Å². The summed E-state index contributed by atoms with van der Waals surface area (Å²) in [6.07, 6.45) is -14.4. The number of ether oxygens (including phenoxy) is 5. The van der Waals surface area contributed by atoms with Gasteiger partial charge >= 0.3 is 35.9 Å². The molecular weight excluding hydrogens is 2020 g/mol. The van der Waals surface area contributed by atoms with Crippen LogP contribution < -0.4 is 45.3 Å². The van der Waals surface area contributed by atoms with Gasteiger partial charge in [0.1, 0.15) is 84.1 Å². The molecule has 6 bridgehead atoms. The van der Waals surface area contributed by atoms with Crippen LogP contribution in [0.2, 0.25) is 0 Å². The van der Waals surface area contributed by atoms with Crippen molar-refractivity contribution in [3.63, 3.8) is 0 Å². The summed E-state index contributed by atoms with van der Waals surface area (Å²) < 4.78 is 176. The Labute approximate surface area is 769 Å². The minimum Gasteiger partial charge on any atom is -0.397 e. The van der Waals surface area contributed by atoms with Gasteiger partial charge < -0.3 is 100 Å². The maximum Gasteiger partial charge on any atom is 0.472 e. The number of halogens is 2. The predicted octanol–water partition coefficient (Wildman–Crippen LogP) is 1.74. The molecular formula is C63H72F2N26O30P6S6. The maximum atomic E-state index is 15.9. The zero-order valence-electron chi connectivity index (χ0n) is 66.8. The number of thioether (sulfide) groups is 1. The van der Waals surface area contributed by atoms with Crippen LogP contribution in [0.1, 0.15) is 71.8 Å². The molecule has 133 heavy (non-hydrogen) atoms. The van der Waals surface area contributed by atoms with Gasteiger partial charge in [0.2, 0.25) is 23.5 Å². The predicted molar refractivity (Wildman–Crippen MR) is 469 cm³/mol. The molecule has 0 aromatic carbocycles. The van der Waals surface area contributed by atoms with Crippen LogP contribution in [0.5, 0.6) is 0 Å². The highest BCUT2D eigenvalue weighted by Crippen LogP contribution is 2.63. The minimum atomic E-state index is -5.14. The van der Waals surface area contributed by atoms with Crippen molar-refractivity contribution in [3.8, 4) is 0 Å². The number of aromatic nitrogens is 20. The number of carbonyl (C=O) groups is 1. The van der Waals surface area contributed by atoms with E-state index >= 15 is 8.78 Å². The number of fused-ring (bicyclic) bond motifs is 15. The number of nitrogens with two attached hydrogens (primary N) is 5. The second-order valence-electron chi connectivity index (χ2n) is 30.6. The summed E-state index contributed by atoms with van der Waals surface area (Å²) in [5.41, 5.74) is 25.9. The van der Waals surface area contributed by atoms with Gasteiger partial charge in [-0.25, -0.2) is 66.9 Å². The summed E-state index contributed by atoms with van der Waals surface area (Å²) in [5.74, 6) is -0.629. The monoisotopic (exact) mass is 2090 g/mol. The van der Waals surface area contributed by atoms with Gasteiger partial charge in [-0.1, -0.05) is 24.5 Å². The second kappa shape index (κ2) is 36.4. The Morgan fingerprint density at radius 3 is 1.74 bits per heavy atom. The number of rotatable bonds is 6. The molecule has 6 unspecified atom stereocenters. The van der Waals surface area contributed by atoms with Gasteiger partial charge in [-0.3, -0.25) is 93.2 Å². The van der Waals surface area contributed by atoms with E-state index in [1.165, 1.54) is 79.0 Å². The van der Waals surface area contributed by atoms with Crippen LogP contribution in [0, 0.1) is 0 Å². The minimum absolute atomic E-state index is 0.0252. The number of H-pyrrole nitrogens is 3. The number of alkyl halides is 2. The topological polar surface area (TPSA) is 758 Å². The van der Waals surface area contributed by atoms with Crippen molar-refractivity contribution < 1.29 is 135 Å². The molecule has 56 nitrogen and oxygen atoms in total. The number of carbonyl (C=O) groups excluding carboxylic acids is 1. The average molecular weight is 2090 g/mol. The molecule has 0 amide bonds. The summed E-state index contributed by atoms with van der Waals surface area (Å²) in [5, 5.41) is 25.0. The number of nitrogens with zero attached hydrogens (tertiary/aromatic N) is 18. The molecule has 0 spiro atoms. The van der Waals surface area contributed by atoms with Crippen LogP contribution in [-0.2, 0) is 127 Å². The molecule has 11 aromatic rings. The van der Waals surface area contributed by atoms with Crippen molar-refractivity contribution >= 4 is 211 Å². The van der Waals surface area contributed by atoms with E-state index in [0.29, 0.717) is 17.0 Å². The summed E-state index contributed by atoms with van der Waals surface area (Å²) in [7, 11) is -9.87. The number of hydrogen-bond donors (Lipinski definition) is 16. The van der Waals surface area contributed by atoms with Gasteiger partial charge in [0.15, 0.2) is 99.3 Å². The Kier molecular flexibility index (Phi) is 25.8. The molecule has 714 valence electrons. The van der Waals surface area contributed by atoms with Crippen LogP contribution in [0.3, 0.4) is 0 Å². The SMILES string of the molecule is Nc1nc2c(ncn2[C@@H]2O[C@@H]3COP(=O)(O)O[C@H]4[C@H](F)[C@H](n5cnc6c(N)ccnc65)O[C@@H]4COP(O)(=S)O[C@@H]2[C@@H]3F)c(=O)[nH]1.Nc1nc2c(ncn2[C@@H]2O[C@@H]3COP(=O)(S)O[C@H]4[C@@H](O)[C@H](n5cnc6c5N=CCC6=O)O[C@@H]4COP(=S)(S)O[C@@H]2C3)c(=O)[nH]1.Nc1nc2c(ncn2[C@@H]2S[C@@H]3COP(=O)(O)O[C@H]4C[C@H](c5cnc6c(N)ccnn56)O[C@@H]4COP(O)(=S)O[C@@H]2[C@@H]3O)c(=O)[nH]1. The number of phosphoric ester groups is 2. The molecule has 0 saturated carbocycles. The lowest BCUT2D eigenvalue weighted by Gasteiger charge is -2.28. The van der Waals surface area contributed by atoms with Gasteiger partial charge in [0, 0.05) is 31.7 Å². The molecule has 10 aliphatic heterocycles. The van der Waals surface area contributed by atoms with E-state index in [2.05, 4.69) is 99.4 Å². The van der Waals surface area contributed by atoms with E-state index < -0.39 is 218 Å². The third-order valence-electron chi connectivity index (χ3n) is 22.0. The first-order valence-corrected chi connectivity index (χ1v) is 54.7. The van der Waals surface area contributed by atoms with Crippen LogP contribution in [0.15, 0.2) is 81.7 Å². The standard InChI is InChI=1S/C21H23F2N9O10P2S.C21H25N9O10P2S2.C21H24N8O10P2S3/c22-10-8-3-37-43(34,35)41-14-9(40-19(11(14)23)31-5-27-12-7(24)1-2-26-16(12)31)4-38-44(36,45)42-15(10)20(39-8)32-6-28-13-17(32)29-21(25)30-18(13)33;22-8-1-2-26-30-9(4-24-17(8)30)10-3-11-12(38-10)5-37-42(35,43)40-16-15(31)13(6-36-41(33,34)39-11)44-20(16)29-7-25-14-18(29)27-21(23)28-19(14)32;22-21-26-17-13(18(32)27-21)25-7-29(17)19-10-3-8(36-19)4-34-40(33,42)39-15-11(5-35-41(43,44)38-10)37-20(14(15)31)28-6-24-12-9(30)1-2-23-16(12)28/h1-2,5-6,8-11,14-15,19-20H,3-4H2,(H2,24,26)(H,34,35)(H,36,45)(H3,25,29,30,33);1-2,4,7,10-13,15-16,20,31H,3,5-6,22H2,(H,33,34)(H,35,43)(H3,23,27,28,32);2,6-8,10-11,14-15,19-20,31H,1,3-5H2,(H,33,42)(H,43,44)(H3,22,26,27,32)/t8-,9-,10-,11+,14-,15-,19-,20-,44?;10-,11+,12-,13-,15-,16-,20-,42?;8-,10+,11+,14+,15+,19+,20+,40?/m110/s1. The molecule has 11 aromatic heterocycles. The van der Waals surface area contributed by atoms with E-state index in [1.807, 2.05) is 0 Å². The molecule has 0 aliphatic carbocycles. The summed E-state index contributed by atoms with van der Waals surface area (Å²) in [6.45, 7) is -15.7. The Hall–Kier alpha value is -7.53. The van der Waals surface area contributed by atoms with Gasteiger partial charge in [0.05, 0.1) is 118 Å². The number of ketones is 1. The largest absolute Gasteiger partial charge is 0.472 e. The Morgan fingerprint density at radius 1 is 0.489 bits per heavy atom. The molecule has 28 atom stereocenters. The summed E-state index contributed by atoms with van der Waals surface area (Å²) in [6, 6.07) is 3.09. The third-order valence-corrected chi connectivity index (χ3v) is 32.5. The number of nitrogens with one attached hydrogen (secondary N) is 3. The fourth-order valence-corrected chi connectivity index (χ4v) is 26.0. The number of Topliss-reactive ketones (excluding diaryl/α,β-unsaturated/α-hetero) is 1. The number of aliphatic hydroxyl groups excluding tert-OH is 2. The molecule has 70 heteroatoms. The number of thiol groups is 2. The highest BCUT2D eigenvalue weighted by Gasteiger charge is 2.58. The van der Waals surface area contributed by atoms with Crippen LogP contribution in [0.4, 0.5) is 43.8 Å². The van der Waals surface area contributed by atoms with Gasteiger partial charge in [-0.15, -0.1) is 11.8 Å². The van der Waals surface area contributed by atoms with Crippen LogP contribution >= 0.6 is 77.8 Å². The van der Waals surface area contributed by atoms with Crippen molar-refractivity contribution in [1.29, 1.82) is 0 Å². The first kappa shape index (κ1) is 94.4. The number of aromatic amines is 3. The molecule has 9 fully saturated rings. The van der Waals surface area contributed by atoms with E-state index in [-0.39, 0.29) is 118 Å². The first-order valence-electron chi connectivity index (χ1n) is 39.1. The fourth-order valence-electron chi connectivity index (χ4n) is 16.1. The van der Waals surface area contributed by atoms with E-state index in [1.54, 1.807) is 6.07 Å². The zero-order chi connectivity index (χ0) is 93.8. The lowest BCUT2D eigenvalue weighted by molar-refractivity contribution is -0.0630. The quantitative estimate of drug-likeness (QED) is 0.0833. The van der Waals surface area contributed by atoms with Crippen molar-refractivity contribution in [2.24, 2.45) is 4.99 Å². The van der Waals surface area contributed by atoms with Gasteiger partial charge in [-0.05, 0) is 47.6 Å². The number of aliphatic hydroxyl groups is 2. The molecule has 19 N–H and O–H groups in total. The molecule has 0 radical (unpaired) electrons. The number of phosphoric acid groups is 2. The van der Waals surface area contributed by atoms with Gasteiger partial charge in [-0.2, -0.15) is 20.1 Å². The molecule has 10 aliphatic rings. The van der Waals surface area contributed by atoms with E-state index in [0.717, 1.165) is 22.7 Å². The van der Waals surface area contributed by atoms with Crippen LogP contribution in [-0.4, -0.2) is 276 Å².